The number of benzene rings is 6. The Kier molecular flexibility index (Phi) is 5.42. The molecule has 0 unspecified atom stereocenters. The summed E-state index contributed by atoms with van der Waals surface area (Å²) in [5.41, 5.74) is 9.61. The average molecular weight is 525 g/mol. The molecular formula is C37H24N4. The highest BCUT2D eigenvalue weighted by Crippen LogP contribution is 2.35. The molecule has 0 saturated heterocycles. The van der Waals surface area contributed by atoms with Crippen LogP contribution in [0.2, 0.25) is 0 Å². The molecule has 4 heteroatoms. The Morgan fingerprint density at radius 1 is 0.439 bits per heavy atom. The number of rotatable bonds is 4. The van der Waals surface area contributed by atoms with Crippen LogP contribution in [0.15, 0.2) is 146 Å². The lowest BCUT2D eigenvalue weighted by Crippen LogP contribution is -1.98. The summed E-state index contributed by atoms with van der Waals surface area (Å²) in [6.45, 7) is 0. The van der Waals surface area contributed by atoms with Crippen LogP contribution in [0.25, 0.3) is 71.6 Å². The molecule has 0 radical (unpaired) electrons. The normalized spacial score (nSPS) is 11.4. The van der Waals surface area contributed by atoms with E-state index < -0.39 is 0 Å². The van der Waals surface area contributed by atoms with Crippen molar-refractivity contribution in [3.63, 3.8) is 0 Å². The first-order valence-corrected chi connectivity index (χ1v) is 13.7. The van der Waals surface area contributed by atoms with Crippen LogP contribution in [0.5, 0.6) is 0 Å². The third kappa shape index (κ3) is 4.14. The topological polar surface area (TPSA) is 43.6 Å². The number of pyridine rings is 1. The van der Waals surface area contributed by atoms with E-state index in [4.69, 9.17) is 10.2 Å². The quantitative estimate of drug-likeness (QED) is 0.231. The second-order valence-corrected chi connectivity index (χ2v) is 10.3. The van der Waals surface area contributed by atoms with Gasteiger partial charge < -0.3 is 0 Å². The standard InChI is InChI=1S/C37H24N4/c1-2-7-29-22-31(17-14-25(29)6-1)26-12-15-28(16-13-26)35-24-36-37(34-11-4-3-10-33(34)35)40-41(39-36)32-9-5-8-30(23-32)27-18-20-38-21-19-27/h1-24H. The van der Waals surface area contributed by atoms with E-state index >= 15 is 0 Å². The van der Waals surface area contributed by atoms with Gasteiger partial charge in [0, 0.05) is 17.8 Å². The highest BCUT2D eigenvalue weighted by atomic mass is 15.5. The molecule has 0 aliphatic heterocycles. The second kappa shape index (κ2) is 9.54. The molecule has 6 aromatic carbocycles. The van der Waals surface area contributed by atoms with Crippen molar-refractivity contribution >= 4 is 32.6 Å². The Morgan fingerprint density at radius 2 is 1.12 bits per heavy atom. The molecule has 0 saturated carbocycles. The predicted octanol–water partition coefficient (Wildman–Crippen LogP) is 9.12. The highest BCUT2D eigenvalue weighted by Gasteiger charge is 2.14. The molecule has 0 spiro atoms. The molecule has 41 heavy (non-hydrogen) atoms. The Balaban J connectivity index is 1.21. The van der Waals surface area contributed by atoms with Gasteiger partial charge >= 0.3 is 0 Å². The van der Waals surface area contributed by atoms with Crippen LogP contribution in [-0.4, -0.2) is 20.0 Å². The van der Waals surface area contributed by atoms with Crippen LogP contribution in [0.1, 0.15) is 0 Å². The molecule has 0 fully saturated rings. The smallest absolute Gasteiger partial charge is 0.121 e. The molecule has 0 amide bonds. The monoisotopic (exact) mass is 524 g/mol. The van der Waals surface area contributed by atoms with Gasteiger partial charge in [0.1, 0.15) is 11.0 Å². The van der Waals surface area contributed by atoms with Gasteiger partial charge in [-0.05, 0) is 85.9 Å². The molecule has 192 valence electrons. The summed E-state index contributed by atoms with van der Waals surface area (Å²) in [5.74, 6) is 0. The zero-order chi connectivity index (χ0) is 27.2. The molecule has 0 aliphatic carbocycles. The van der Waals surface area contributed by atoms with Crippen molar-refractivity contribution < 1.29 is 0 Å². The van der Waals surface area contributed by atoms with E-state index in [1.807, 2.05) is 36.7 Å². The number of nitrogens with zero attached hydrogens (tertiary/aromatic N) is 4. The summed E-state index contributed by atoms with van der Waals surface area (Å²) in [5, 5.41) is 14.7. The highest BCUT2D eigenvalue weighted by molar-refractivity contribution is 6.11. The summed E-state index contributed by atoms with van der Waals surface area (Å²) in [7, 11) is 0. The lowest BCUT2D eigenvalue weighted by molar-refractivity contribution is 0.766. The summed E-state index contributed by atoms with van der Waals surface area (Å²) in [4.78, 5) is 5.89. The van der Waals surface area contributed by atoms with Gasteiger partial charge in [-0.3, -0.25) is 4.98 Å². The van der Waals surface area contributed by atoms with Gasteiger partial charge in [0.2, 0.25) is 0 Å². The fourth-order valence-corrected chi connectivity index (χ4v) is 5.67. The first-order chi connectivity index (χ1) is 20.3. The number of aromatic nitrogens is 4. The maximum absolute atomic E-state index is 4.95. The SMILES string of the molecule is c1cc(-c2ccncc2)cc(-n2nc3cc(-c4ccc(-c5ccc6ccccc6c5)cc4)c4ccccc4c3n2)c1. The molecule has 0 aliphatic rings. The van der Waals surface area contributed by atoms with Crippen LogP contribution in [0, 0.1) is 0 Å². The van der Waals surface area contributed by atoms with Gasteiger partial charge in [-0.15, -0.1) is 10.2 Å². The van der Waals surface area contributed by atoms with E-state index in [-0.39, 0.29) is 0 Å². The van der Waals surface area contributed by atoms with Crippen molar-refractivity contribution in [1.29, 1.82) is 0 Å². The first kappa shape index (κ1) is 23.3. The summed E-state index contributed by atoms with van der Waals surface area (Å²) in [6.07, 6.45) is 3.62. The van der Waals surface area contributed by atoms with Crippen molar-refractivity contribution in [2.24, 2.45) is 0 Å². The Labute approximate surface area is 237 Å². The van der Waals surface area contributed by atoms with Crippen molar-refractivity contribution in [3.05, 3.63) is 146 Å². The van der Waals surface area contributed by atoms with E-state index in [1.165, 1.54) is 21.9 Å². The van der Waals surface area contributed by atoms with Crippen LogP contribution in [-0.2, 0) is 0 Å². The largest absolute Gasteiger partial charge is 0.265 e. The molecular weight excluding hydrogens is 500 g/mol. The lowest BCUT2D eigenvalue weighted by atomic mass is 9.95. The molecule has 8 rings (SSSR count). The molecule has 2 heterocycles. The Hall–Kier alpha value is -5.61. The van der Waals surface area contributed by atoms with Crippen LogP contribution >= 0.6 is 0 Å². The first-order valence-electron chi connectivity index (χ1n) is 13.7. The van der Waals surface area contributed by atoms with Crippen LogP contribution in [0.3, 0.4) is 0 Å². The van der Waals surface area contributed by atoms with Gasteiger partial charge in [0.15, 0.2) is 0 Å². The molecule has 0 atom stereocenters. The van der Waals surface area contributed by atoms with E-state index in [0.717, 1.165) is 49.7 Å². The van der Waals surface area contributed by atoms with E-state index in [0.29, 0.717) is 0 Å². The second-order valence-electron chi connectivity index (χ2n) is 10.3. The summed E-state index contributed by atoms with van der Waals surface area (Å²) >= 11 is 0. The minimum atomic E-state index is 0.867. The summed E-state index contributed by atoms with van der Waals surface area (Å²) < 4.78 is 0. The van der Waals surface area contributed by atoms with Crippen molar-refractivity contribution in [2.75, 3.05) is 0 Å². The fourth-order valence-electron chi connectivity index (χ4n) is 5.67. The van der Waals surface area contributed by atoms with Gasteiger partial charge in [-0.2, -0.15) is 4.80 Å². The maximum Gasteiger partial charge on any atom is 0.121 e. The third-order valence-corrected chi connectivity index (χ3v) is 7.76. The predicted molar refractivity (Wildman–Crippen MR) is 168 cm³/mol. The lowest BCUT2D eigenvalue weighted by Gasteiger charge is -2.09. The number of hydrogen-bond donors (Lipinski definition) is 0. The Morgan fingerprint density at radius 3 is 1.98 bits per heavy atom. The average Bonchev–Trinajstić information content (AvgIpc) is 3.50. The van der Waals surface area contributed by atoms with E-state index in [2.05, 4.69) is 114 Å². The van der Waals surface area contributed by atoms with Gasteiger partial charge in [0.25, 0.3) is 0 Å². The molecule has 0 bridgehead atoms. The maximum atomic E-state index is 4.95. The van der Waals surface area contributed by atoms with Crippen molar-refractivity contribution in [3.8, 4) is 39.1 Å². The molecule has 8 aromatic rings. The van der Waals surface area contributed by atoms with Gasteiger partial charge in [-0.1, -0.05) is 97.1 Å². The number of hydrogen-bond acceptors (Lipinski definition) is 3. The molecule has 2 aromatic heterocycles. The van der Waals surface area contributed by atoms with Gasteiger partial charge in [0.05, 0.1) is 5.69 Å². The molecule has 0 N–H and O–H groups in total. The van der Waals surface area contributed by atoms with E-state index in [1.54, 1.807) is 4.80 Å². The Bertz CT molecular complexity index is 2200. The van der Waals surface area contributed by atoms with Gasteiger partial charge in [-0.25, -0.2) is 0 Å². The zero-order valence-corrected chi connectivity index (χ0v) is 22.1. The zero-order valence-electron chi connectivity index (χ0n) is 22.1. The third-order valence-electron chi connectivity index (χ3n) is 7.76. The number of fused-ring (bicyclic) bond motifs is 4. The minimum absolute atomic E-state index is 0.867. The van der Waals surface area contributed by atoms with Crippen LogP contribution in [0.4, 0.5) is 0 Å². The minimum Gasteiger partial charge on any atom is -0.265 e. The fraction of sp³-hybridized carbons (Fsp3) is 0. The van der Waals surface area contributed by atoms with Crippen molar-refractivity contribution in [2.45, 2.75) is 0 Å². The summed E-state index contributed by atoms with van der Waals surface area (Å²) in [6, 6.07) is 46.9. The molecule has 4 nitrogen and oxygen atoms in total. The van der Waals surface area contributed by atoms with Crippen LogP contribution < -0.4 is 0 Å². The van der Waals surface area contributed by atoms with E-state index in [9.17, 15) is 0 Å². The van der Waals surface area contributed by atoms with Crippen molar-refractivity contribution in [1.82, 2.24) is 20.0 Å².